The minimum absolute atomic E-state index is 0.0924. The lowest BCUT2D eigenvalue weighted by Gasteiger charge is -2.33. The monoisotopic (exact) mass is 312 g/mol. The van der Waals surface area contributed by atoms with E-state index in [2.05, 4.69) is 0 Å². The number of benzene rings is 1. The first-order valence-corrected chi connectivity index (χ1v) is 7.40. The Morgan fingerprint density at radius 1 is 0.913 bits per heavy atom. The number of carbonyl (C=O) groups excluding carboxylic acids is 4. The van der Waals surface area contributed by atoms with Crippen molar-refractivity contribution in [1.82, 2.24) is 0 Å². The Labute approximate surface area is 133 Å². The zero-order valence-electron chi connectivity index (χ0n) is 12.9. The molecule has 0 unspecified atom stereocenters. The van der Waals surface area contributed by atoms with Crippen LogP contribution in [0.5, 0.6) is 0 Å². The van der Waals surface area contributed by atoms with E-state index in [-0.39, 0.29) is 29.5 Å². The molecule has 1 fully saturated rings. The van der Waals surface area contributed by atoms with Gasteiger partial charge >= 0.3 is 0 Å². The van der Waals surface area contributed by atoms with Crippen LogP contribution in [0.25, 0.3) is 5.76 Å². The maximum Gasteiger partial charge on any atom is 0.234 e. The first-order chi connectivity index (χ1) is 10.7. The Morgan fingerprint density at radius 2 is 1.43 bits per heavy atom. The van der Waals surface area contributed by atoms with Crippen LogP contribution in [0.2, 0.25) is 0 Å². The lowest BCUT2D eigenvalue weighted by atomic mass is 9.67. The van der Waals surface area contributed by atoms with Gasteiger partial charge in [0.1, 0.15) is 23.2 Å². The fourth-order valence-electron chi connectivity index (χ4n) is 3.36. The molecule has 0 saturated heterocycles. The van der Waals surface area contributed by atoms with E-state index >= 15 is 0 Å². The molecule has 1 aromatic rings. The molecule has 23 heavy (non-hydrogen) atoms. The van der Waals surface area contributed by atoms with Crippen molar-refractivity contribution in [1.29, 1.82) is 0 Å². The average molecular weight is 312 g/mol. The van der Waals surface area contributed by atoms with Crippen molar-refractivity contribution in [3.8, 4) is 0 Å². The summed E-state index contributed by atoms with van der Waals surface area (Å²) in [6.45, 7) is 3.60. The van der Waals surface area contributed by atoms with Gasteiger partial charge in [-0.05, 0) is 5.41 Å². The predicted octanol–water partition coefficient (Wildman–Crippen LogP) is 2.30. The number of fused-ring (bicyclic) bond motifs is 1. The molecule has 2 aliphatic rings. The molecule has 5 heteroatoms. The lowest BCUT2D eigenvalue weighted by Crippen LogP contribution is -2.42. The van der Waals surface area contributed by atoms with E-state index in [1.54, 1.807) is 26.0 Å². The summed E-state index contributed by atoms with van der Waals surface area (Å²) in [5.74, 6) is -4.38. The highest BCUT2D eigenvalue weighted by Gasteiger charge is 2.47. The van der Waals surface area contributed by atoms with Gasteiger partial charge in [0.25, 0.3) is 0 Å². The number of rotatable bonds is 1. The molecule has 2 aliphatic carbocycles. The molecule has 0 radical (unpaired) electrons. The van der Waals surface area contributed by atoms with Gasteiger partial charge in [0, 0.05) is 24.0 Å². The minimum Gasteiger partial charge on any atom is -0.507 e. The van der Waals surface area contributed by atoms with Gasteiger partial charge in [-0.2, -0.15) is 0 Å². The standard InChI is InChI=1S/C18H16O5/c1-18(2)7-11(19)13(12(20)8-18)14-15(21)9-5-3-4-6-10(9)16(22)17(14)23/h3-6,13,21H,7-8H2,1-2H3. The second-order valence-corrected chi connectivity index (χ2v) is 6.85. The summed E-state index contributed by atoms with van der Waals surface area (Å²) < 4.78 is 0. The number of ketones is 4. The van der Waals surface area contributed by atoms with Crippen molar-refractivity contribution in [3.05, 3.63) is 41.0 Å². The maximum atomic E-state index is 12.4. The topological polar surface area (TPSA) is 88.5 Å². The van der Waals surface area contributed by atoms with Gasteiger partial charge in [-0.25, -0.2) is 0 Å². The summed E-state index contributed by atoms with van der Waals surface area (Å²) in [5, 5.41) is 10.4. The zero-order valence-corrected chi connectivity index (χ0v) is 12.9. The van der Waals surface area contributed by atoms with Crippen molar-refractivity contribution in [2.24, 2.45) is 11.3 Å². The Balaban J connectivity index is 2.16. The van der Waals surface area contributed by atoms with Gasteiger partial charge in [0.2, 0.25) is 11.6 Å². The van der Waals surface area contributed by atoms with Crippen LogP contribution in [0, 0.1) is 11.3 Å². The van der Waals surface area contributed by atoms with Crippen molar-refractivity contribution >= 4 is 28.9 Å². The number of Topliss-reactive ketones (excluding diaryl/α,β-unsaturated/α-hetero) is 4. The average Bonchev–Trinajstić information content (AvgIpc) is 2.46. The van der Waals surface area contributed by atoms with E-state index in [1.165, 1.54) is 12.1 Å². The van der Waals surface area contributed by atoms with E-state index in [0.717, 1.165) is 0 Å². The van der Waals surface area contributed by atoms with E-state index in [9.17, 15) is 24.3 Å². The molecule has 118 valence electrons. The van der Waals surface area contributed by atoms with Gasteiger partial charge in [0.05, 0.1) is 5.57 Å². The Kier molecular flexibility index (Phi) is 3.32. The lowest BCUT2D eigenvalue weighted by molar-refractivity contribution is -0.139. The quantitative estimate of drug-likeness (QED) is 0.635. The van der Waals surface area contributed by atoms with E-state index < -0.39 is 40.2 Å². The van der Waals surface area contributed by atoms with Crippen LogP contribution >= 0.6 is 0 Å². The molecular weight excluding hydrogens is 296 g/mol. The first-order valence-electron chi connectivity index (χ1n) is 7.40. The zero-order chi connectivity index (χ0) is 16.9. The van der Waals surface area contributed by atoms with Gasteiger partial charge in [-0.15, -0.1) is 0 Å². The fourth-order valence-corrected chi connectivity index (χ4v) is 3.36. The molecular formula is C18H16O5. The molecule has 3 rings (SSSR count). The van der Waals surface area contributed by atoms with Crippen molar-refractivity contribution in [2.45, 2.75) is 26.7 Å². The third kappa shape index (κ3) is 2.32. The van der Waals surface area contributed by atoms with Crippen molar-refractivity contribution in [2.75, 3.05) is 0 Å². The third-order valence-electron chi connectivity index (χ3n) is 4.37. The number of hydrogen-bond acceptors (Lipinski definition) is 5. The summed E-state index contributed by atoms with van der Waals surface area (Å²) in [5.41, 5.74) is -0.549. The van der Waals surface area contributed by atoms with Crippen LogP contribution in [0.4, 0.5) is 0 Å². The molecule has 5 nitrogen and oxygen atoms in total. The second kappa shape index (κ2) is 4.98. The molecule has 0 atom stereocenters. The largest absolute Gasteiger partial charge is 0.507 e. The highest BCUT2D eigenvalue weighted by Crippen LogP contribution is 2.40. The van der Waals surface area contributed by atoms with Crippen LogP contribution in [-0.2, 0) is 14.4 Å². The van der Waals surface area contributed by atoms with E-state index in [0.29, 0.717) is 0 Å². The molecule has 0 heterocycles. The van der Waals surface area contributed by atoms with Gasteiger partial charge < -0.3 is 5.11 Å². The number of allylic oxidation sites excluding steroid dienone is 1. The van der Waals surface area contributed by atoms with Crippen LogP contribution in [-0.4, -0.2) is 28.2 Å². The third-order valence-corrected chi connectivity index (χ3v) is 4.37. The Morgan fingerprint density at radius 3 is 2.00 bits per heavy atom. The molecule has 0 spiro atoms. The highest BCUT2D eigenvalue weighted by atomic mass is 16.3. The normalized spacial score (nSPS) is 21.7. The Hall–Kier alpha value is -2.56. The summed E-state index contributed by atoms with van der Waals surface area (Å²) in [6.07, 6.45) is 0.257. The molecule has 0 amide bonds. The highest BCUT2D eigenvalue weighted by molar-refractivity contribution is 6.53. The van der Waals surface area contributed by atoms with Gasteiger partial charge in [-0.3, -0.25) is 19.2 Å². The SMILES string of the molecule is CC1(C)CC(=O)C(C2=C(O)c3ccccc3C(=O)C2=O)C(=O)C1. The minimum atomic E-state index is -1.34. The molecule has 0 bridgehead atoms. The Bertz CT molecular complexity index is 777. The maximum absolute atomic E-state index is 12.4. The second-order valence-electron chi connectivity index (χ2n) is 6.85. The van der Waals surface area contributed by atoms with Crippen LogP contribution in [0.15, 0.2) is 29.8 Å². The summed E-state index contributed by atoms with van der Waals surface area (Å²) in [7, 11) is 0. The van der Waals surface area contributed by atoms with Crippen molar-refractivity contribution in [3.63, 3.8) is 0 Å². The number of carbonyl (C=O) groups is 4. The molecule has 1 N–H and O–H groups in total. The van der Waals surface area contributed by atoms with Crippen molar-refractivity contribution < 1.29 is 24.3 Å². The molecule has 0 aromatic heterocycles. The molecule has 0 aliphatic heterocycles. The van der Waals surface area contributed by atoms with Gasteiger partial charge in [0.15, 0.2) is 0 Å². The van der Waals surface area contributed by atoms with E-state index in [1.807, 2.05) is 0 Å². The van der Waals surface area contributed by atoms with E-state index in [4.69, 9.17) is 0 Å². The molecule has 1 aromatic carbocycles. The number of aliphatic hydroxyl groups excluding tert-OH is 1. The van der Waals surface area contributed by atoms with Crippen LogP contribution in [0.1, 0.15) is 42.6 Å². The summed E-state index contributed by atoms with van der Waals surface area (Å²) >= 11 is 0. The van der Waals surface area contributed by atoms with Crippen LogP contribution in [0.3, 0.4) is 0 Å². The summed E-state index contributed by atoms with van der Waals surface area (Å²) in [6, 6.07) is 6.14. The molecule has 1 saturated carbocycles. The van der Waals surface area contributed by atoms with Crippen LogP contribution < -0.4 is 0 Å². The predicted molar refractivity (Wildman–Crippen MR) is 81.8 cm³/mol. The van der Waals surface area contributed by atoms with Gasteiger partial charge in [-0.1, -0.05) is 38.1 Å². The fraction of sp³-hybridized carbons (Fsp3) is 0.333. The number of hydrogen-bond donors (Lipinski definition) is 1. The number of aliphatic hydroxyl groups is 1. The first kappa shape index (κ1) is 15.3. The summed E-state index contributed by atoms with van der Waals surface area (Å²) in [4.78, 5) is 49.4. The smallest absolute Gasteiger partial charge is 0.234 e.